The Balaban J connectivity index is 2.39. The van der Waals surface area contributed by atoms with E-state index < -0.39 is 0 Å². The number of carbonyl (C=O) groups is 1. The zero-order valence-electron chi connectivity index (χ0n) is 11.8. The Bertz CT molecular complexity index is 373. The maximum absolute atomic E-state index is 11.8. The van der Waals surface area contributed by atoms with Crippen molar-refractivity contribution in [1.82, 2.24) is 10.6 Å². The minimum Gasteiger partial charge on any atom is -0.350 e. The van der Waals surface area contributed by atoms with Gasteiger partial charge in [-0.05, 0) is 32.8 Å². The number of hydrogen-bond donors (Lipinski definition) is 2. The summed E-state index contributed by atoms with van der Waals surface area (Å²) in [5, 5.41) is 6.24. The van der Waals surface area contributed by atoms with E-state index in [1.807, 2.05) is 32.0 Å². The van der Waals surface area contributed by atoms with E-state index in [-0.39, 0.29) is 17.5 Å². The van der Waals surface area contributed by atoms with Crippen LogP contribution in [0.3, 0.4) is 0 Å². The summed E-state index contributed by atoms with van der Waals surface area (Å²) in [5.74, 6) is 0.0460. The van der Waals surface area contributed by atoms with E-state index in [1.165, 1.54) is 5.56 Å². The summed E-state index contributed by atoms with van der Waals surface area (Å²) in [6, 6.07) is 10.3. The molecule has 0 radical (unpaired) electrons. The van der Waals surface area contributed by atoms with E-state index in [4.69, 9.17) is 0 Å². The van der Waals surface area contributed by atoms with Crippen molar-refractivity contribution in [2.45, 2.75) is 45.7 Å². The first-order chi connectivity index (χ1) is 8.44. The van der Waals surface area contributed by atoms with Gasteiger partial charge in [0.15, 0.2) is 0 Å². The van der Waals surface area contributed by atoms with Crippen LogP contribution < -0.4 is 10.6 Å². The molecule has 0 saturated heterocycles. The Morgan fingerprint density at radius 3 is 2.44 bits per heavy atom. The topological polar surface area (TPSA) is 41.1 Å². The zero-order valence-corrected chi connectivity index (χ0v) is 11.8. The fourth-order valence-corrected chi connectivity index (χ4v) is 1.62. The fourth-order valence-electron chi connectivity index (χ4n) is 1.62. The number of rotatable bonds is 6. The molecule has 1 amide bonds. The number of hydrogen-bond acceptors (Lipinski definition) is 2. The lowest BCUT2D eigenvalue weighted by Gasteiger charge is -2.25. The summed E-state index contributed by atoms with van der Waals surface area (Å²) in [4.78, 5) is 11.8. The highest BCUT2D eigenvalue weighted by atomic mass is 16.2. The van der Waals surface area contributed by atoms with Crippen molar-refractivity contribution in [3.63, 3.8) is 0 Å². The van der Waals surface area contributed by atoms with Gasteiger partial charge < -0.3 is 10.6 Å². The van der Waals surface area contributed by atoms with Crippen molar-refractivity contribution >= 4 is 5.91 Å². The van der Waals surface area contributed by atoms with E-state index in [0.29, 0.717) is 6.54 Å². The Morgan fingerprint density at radius 1 is 1.28 bits per heavy atom. The summed E-state index contributed by atoms with van der Waals surface area (Å²) in [7, 11) is 0. The van der Waals surface area contributed by atoms with Crippen molar-refractivity contribution in [3.8, 4) is 0 Å². The largest absolute Gasteiger partial charge is 0.350 e. The second-order valence-electron chi connectivity index (χ2n) is 5.30. The van der Waals surface area contributed by atoms with Crippen LogP contribution in [0.25, 0.3) is 0 Å². The summed E-state index contributed by atoms with van der Waals surface area (Å²) in [6.45, 7) is 8.55. The third-order valence-corrected chi connectivity index (χ3v) is 3.23. The Hall–Kier alpha value is -1.35. The van der Waals surface area contributed by atoms with Crippen LogP contribution in [0.4, 0.5) is 0 Å². The maximum Gasteiger partial charge on any atom is 0.234 e. The van der Waals surface area contributed by atoms with Crippen molar-refractivity contribution in [1.29, 1.82) is 0 Å². The van der Waals surface area contributed by atoms with E-state index in [9.17, 15) is 4.79 Å². The summed E-state index contributed by atoms with van der Waals surface area (Å²) in [5.41, 5.74) is 1.06. The van der Waals surface area contributed by atoms with Gasteiger partial charge in [0.05, 0.1) is 6.54 Å². The molecule has 0 bridgehead atoms. The Morgan fingerprint density at radius 2 is 1.89 bits per heavy atom. The van der Waals surface area contributed by atoms with Gasteiger partial charge in [-0.3, -0.25) is 4.79 Å². The zero-order chi connectivity index (χ0) is 13.6. The van der Waals surface area contributed by atoms with Gasteiger partial charge in [0, 0.05) is 11.6 Å². The molecule has 100 valence electrons. The van der Waals surface area contributed by atoms with Gasteiger partial charge in [-0.1, -0.05) is 37.3 Å². The quantitative estimate of drug-likeness (QED) is 0.812. The Labute approximate surface area is 110 Å². The first-order valence-electron chi connectivity index (χ1n) is 6.54. The highest BCUT2D eigenvalue weighted by Crippen LogP contribution is 2.10. The summed E-state index contributed by atoms with van der Waals surface area (Å²) < 4.78 is 0. The van der Waals surface area contributed by atoms with Gasteiger partial charge in [0.2, 0.25) is 5.91 Å². The molecule has 1 rings (SSSR count). The van der Waals surface area contributed by atoms with Gasteiger partial charge in [-0.2, -0.15) is 0 Å². The van der Waals surface area contributed by atoms with Crippen molar-refractivity contribution in [2.24, 2.45) is 0 Å². The van der Waals surface area contributed by atoms with Gasteiger partial charge >= 0.3 is 0 Å². The first kappa shape index (κ1) is 14.7. The van der Waals surface area contributed by atoms with Gasteiger partial charge in [0.25, 0.3) is 0 Å². The second-order valence-corrected chi connectivity index (χ2v) is 5.30. The number of carbonyl (C=O) groups excluding carboxylic acids is 1. The fraction of sp³-hybridized carbons (Fsp3) is 0.533. The molecule has 18 heavy (non-hydrogen) atoms. The average molecular weight is 248 g/mol. The smallest absolute Gasteiger partial charge is 0.234 e. The van der Waals surface area contributed by atoms with E-state index in [2.05, 4.69) is 36.6 Å². The summed E-state index contributed by atoms with van der Waals surface area (Å²) >= 11 is 0. The van der Waals surface area contributed by atoms with Crippen molar-refractivity contribution < 1.29 is 4.79 Å². The SMILES string of the molecule is CCC(C)(C)NC(=O)CN[C@H](C)c1ccccc1. The van der Waals surface area contributed by atoms with E-state index in [0.717, 1.165) is 6.42 Å². The van der Waals surface area contributed by atoms with Gasteiger partial charge in [0.1, 0.15) is 0 Å². The number of nitrogens with one attached hydrogen (secondary N) is 2. The van der Waals surface area contributed by atoms with E-state index >= 15 is 0 Å². The molecule has 0 heterocycles. The van der Waals surface area contributed by atoms with Gasteiger partial charge in [-0.25, -0.2) is 0 Å². The normalized spacial score (nSPS) is 13.1. The molecule has 1 atom stereocenters. The van der Waals surface area contributed by atoms with Crippen LogP contribution in [0, 0.1) is 0 Å². The molecule has 0 aliphatic carbocycles. The van der Waals surface area contributed by atoms with Crippen molar-refractivity contribution in [3.05, 3.63) is 35.9 Å². The van der Waals surface area contributed by atoms with Crippen LogP contribution in [0.1, 0.15) is 45.7 Å². The molecule has 0 fully saturated rings. The second kappa shape index (κ2) is 6.55. The van der Waals surface area contributed by atoms with Crippen LogP contribution in [0.2, 0.25) is 0 Å². The van der Waals surface area contributed by atoms with Crippen LogP contribution in [0.5, 0.6) is 0 Å². The molecule has 0 aromatic heterocycles. The van der Waals surface area contributed by atoms with E-state index in [1.54, 1.807) is 0 Å². The standard InChI is InChI=1S/C15H24N2O/c1-5-15(3,4)17-14(18)11-16-12(2)13-9-7-6-8-10-13/h6-10,12,16H,5,11H2,1-4H3,(H,17,18)/t12-/m1/s1. The lowest BCUT2D eigenvalue weighted by atomic mass is 10.0. The van der Waals surface area contributed by atoms with Crippen LogP contribution in [-0.4, -0.2) is 18.0 Å². The van der Waals surface area contributed by atoms with Crippen LogP contribution >= 0.6 is 0 Å². The molecular formula is C15H24N2O. The van der Waals surface area contributed by atoms with Gasteiger partial charge in [-0.15, -0.1) is 0 Å². The monoisotopic (exact) mass is 248 g/mol. The molecule has 0 aliphatic rings. The molecule has 1 aromatic rings. The predicted octanol–water partition coefficient (Wildman–Crippen LogP) is 2.64. The molecule has 0 aliphatic heterocycles. The lowest BCUT2D eigenvalue weighted by molar-refractivity contribution is -0.122. The molecule has 1 aromatic carbocycles. The minimum atomic E-state index is -0.130. The third kappa shape index (κ3) is 4.88. The molecule has 0 spiro atoms. The van der Waals surface area contributed by atoms with Crippen LogP contribution in [-0.2, 0) is 4.79 Å². The third-order valence-electron chi connectivity index (χ3n) is 3.23. The first-order valence-corrected chi connectivity index (χ1v) is 6.54. The highest BCUT2D eigenvalue weighted by Gasteiger charge is 2.17. The maximum atomic E-state index is 11.8. The number of amides is 1. The molecule has 2 N–H and O–H groups in total. The number of benzene rings is 1. The molecule has 3 nitrogen and oxygen atoms in total. The lowest BCUT2D eigenvalue weighted by Crippen LogP contribution is -2.46. The molecular weight excluding hydrogens is 224 g/mol. The Kier molecular flexibility index (Phi) is 5.35. The minimum absolute atomic E-state index is 0.0460. The molecule has 0 unspecified atom stereocenters. The molecule has 3 heteroatoms. The van der Waals surface area contributed by atoms with Crippen molar-refractivity contribution in [2.75, 3.05) is 6.54 Å². The average Bonchev–Trinajstić information content (AvgIpc) is 2.36. The summed E-state index contributed by atoms with van der Waals surface area (Å²) in [6.07, 6.45) is 0.924. The predicted molar refractivity (Wildman–Crippen MR) is 75.4 cm³/mol. The molecule has 0 saturated carbocycles. The highest BCUT2D eigenvalue weighted by molar-refractivity contribution is 5.78. The van der Waals surface area contributed by atoms with Crippen LogP contribution in [0.15, 0.2) is 30.3 Å².